The summed E-state index contributed by atoms with van der Waals surface area (Å²) in [5.74, 6) is 0.00956. The number of hydrogen-bond donors (Lipinski definition) is 1. The maximum Gasteiger partial charge on any atom is 0.417 e. The zero-order chi connectivity index (χ0) is 24.9. The standard InChI is InChI=1S/C22H25F3N4O4S/c1-16(30)17-3-6-19(7-4-17)34(32,33)27-10-9-21(31)29-12-2-11-28(13-14-29)20-8-5-18(15-26-20)22(23,24)25/h3-8,15,27H,2,9-14H2,1H3. The third-order valence-corrected chi connectivity index (χ3v) is 6.93. The van der Waals surface area contributed by atoms with Crippen molar-refractivity contribution in [2.24, 2.45) is 0 Å². The molecule has 184 valence electrons. The molecule has 1 amide bonds. The fourth-order valence-electron chi connectivity index (χ4n) is 3.54. The Morgan fingerprint density at radius 2 is 1.74 bits per heavy atom. The van der Waals surface area contributed by atoms with Crippen molar-refractivity contribution >= 4 is 27.5 Å². The van der Waals surface area contributed by atoms with Crippen molar-refractivity contribution < 1.29 is 31.2 Å². The van der Waals surface area contributed by atoms with Crippen LogP contribution in [0.5, 0.6) is 0 Å². The number of pyridine rings is 1. The largest absolute Gasteiger partial charge is 0.417 e. The van der Waals surface area contributed by atoms with Gasteiger partial charge in [0.05, 0.1) is 10.5 Å². The summed E-state index contributed by atoms with van der Waals surface area (Å²) >= 11 is 0. The quantitative estimate of drug-likeness (QED) is 0.590. The number of hydrogen-bond acceptors (Lipinski definition) is 6. The lowest BCUT2D eigenvalue weighted by Crippen LogP contribution is -2.37. The number of Topliss-reactive ketones (excluding diaryl/α,β-unsaturated/α-hetero) is 1. The Balaban J connectivity index is 1.50. The second kappa shape index (κ2) is 10.5. The first-order valence-electron chi connectivity index (χ1n) is 10.6. The minimum Gasteiger partial charge on any atom is -0.355 e. The van der Waals surface area contributed by atoms with Crippen molar-refractivity contribution in [3.8, 4) is 0 Å². The highest BCUT2D eigenvalue weighted by Crippen LogP contribution is 2.29. The van der Waals surface area contributed by atoms with Crippen molar-refractivity contribution in [1.29, 1.82) is 0 Å². The van der Waals surface area contributed by atoms with Crippen LogP contribution in [0.2, 0.25) is 0 Å². The van der Waals surface area contributed by atoms with E-state index in [1.54, 1.807) is 4.90 Å². The third kappa shape index (κ3) is 6.54. The highest BCUT2D eigenvalue weighted by atomic mass is 32.2. The number of nitrogens with one attached hydrogen (secondary N) is 1. The summed E-state index contributed by atoms with van der Waals surface area (Å²) in [5, 5.41) is 0. The van der Waals surface area contributed by atoms with Gasteiger partial charge in [0.2, 0.25) is 15.9 Å². The molecule has 0 saturated carbocycles. The van der Waals surface area contributed by atoms with Crippen LogP contribution in [0.15, 0.2) is 47.5 Å². The normalized spacial score (nSPS) is 15.2. The molecule has 1 aromatic carbocycles. The van der Waals surface area contributed by atoms with Gasteiger partial charge in [-0.2, -0.15) is 13.2 Å². The molecular weight excluding hydrogens is 473 g/mol. The number of carbonyl (C=O) groups is 2. The summed E-state index contributed by atoms with van der Waals surface area (Å²) in [6.07, 6.45) is -3.10. The lowest BCUT2D eigenvalue weighted by atomic mass is 10.2. The van der Waals surface area contributed by atoms with E-state index in [-0.39, 0.29) is 29.6 Å². The second-order valence-electron chi connectivity index (χ2n) is 7.85. The number of carbonyl (C=O) groups excluding carboxylic acids is 2. The predicted octanol–water partition coefficient (Wildman–Crippen LogP) is 2.71. The van der Waals surface area contributed by atoms with Gasteiger partial charge in [-0.15, -0.1) is 0 Å². The molecule has 0 aliphatic carbocycles. The Morgan fingerprint density at radius 3 is 2.32 bits per heavy atom. The summed E-state index contributed by atoms with van der Waals surface area (Å²) in [5.41, 5.74) is -0.420. The summed E-state index contributed by atoms with van der Waals surface area (Å²) in [7, 11) is -3.82. The molecule has 0 unspecified atom stereocenters. The minimum atomic E-state index is -4.45. The number of nitrogens with zero attached hydrogens (tertiary/aromatic N) is 3. The molecule has 0 atom stereocenters. The smallest absolute Gasteiger partial charge is 0.355 e. The minimum absolute atomic E-state index is 0.000551. The van der Waals surface area contributed by atoms with Gasteiger partial charge in [0, 0.05) is 50.9 Å². The van der Waals surface area contributed by atoms with Crippen molar-refractivity contribution in [1.82, 2.24) is 14.6 Å². The van der Waals surface area contributed by atoms with E-state index >= 15 is 0 Å². The lowest BCUT2D eigenvalue weighted by Gasteiger charge is -2.23. The molecule has 1 saturated heterocycles. The zero-order valence-corrected chi connectivity index (χ0v) is 19.3. The molecular formula is C22H25F3N4O4S. The molecule has 1 N–H and O–H groups in total. The van der Waals surface area contributed by atoms with Gasteiger partial charge in [0.15, 0.2) is 5.78 Å². The molecule has 1 aliphatic heterocycles. The van der Waals surface area contributed by atoms with Crippen LogP contribution in [-0.4, -0.2) is 62.7 Å². The second-order valence-corrected chi connectivity index (χ2v) is 9.62. The Kier molecular flexibility index (Phi) is 7.93. The summed E-state index contributed by atoms with van der Waals surface area (Å²) in [4.78, 5) is 31.2. The average molecular weight is 499 g/mol. The Morgan fingerprint density at radius 1 is 1.03 bits per heavy atom. The Labute approximate surface area is 195 Å². The SMILES string of the molecule is CC(=O)c1ccc(S(=O)(=O)NCCC(=O)N2CCCN(c3ccc(C(F)(F)F)cn3)CC2)cc1. The lowest BCUT2D eigenvalue weighted by molar-refractivity contribution is -0.137. The maximum atomic E-state index is 12.7. The number of rotatable bonds is 7. The first kappa shape index (κ1) is 25.6. The summed E-state index contributed by atoms with van der Waals surface area (Å²) in [6.45, 7) is 3.03. The van der Waals surface area contributed by atoms with Crippen LogP contribution < -0.4 is 9.62 Å². The van der Waals surface area contributed by atoms with Crippen molar-refractivity contribution in [3.05, 3.63) is 53.7 Å². The Hall–Kier alpha value is -2.99. The third-order valence-electron chi connectivity index (χ3n) is 5.45. The molecule has 1 aromatic heterocycles. The van der Waals surface area contributed by atoms with E-state index in [0.717, 1.165) is 12.3 Å². The number of benzene rings is 1. The average Bonchev–Trinajstić information content (AvgIpc) is 3.05. The van der Waals surface area contributed by atoms with Crippen LogP contribution in [0, 0.1) is 0 Å². The van der Waals surface area contributed by atoms with E-state index < -0.39 is 21.8 Å². The molecule has 34 heavy (non-hydrogen) atoms. The van der Waals surface area contributed by atoms with E-state index in [1.165, 1.54) is 37.3 Å². The number of aromatic nitrogens is 1. The highest BCUT2D eigenvalue weighted by molar-refractivity contribution is 7.89. The van der Waals surface area contributed by atoms with Gasteiger partial charge >= 0.3 is 6.18 Å². The maximum absolute atomic E-state index is 12.7. The van der Waals surface area contributed by atoms with E-state index in [9.17, 15) is 31.2 Å². The molecule has 3 rings (SSSR count). The molecule has 12 heteroatoms. The van der Waals surface area contributed by atoms with E-state index in [4.69, 9.17) is 0 Å². The molecule has 0 radical (unpaired) electrons. The molecule has 2 heterocycles. The van der Waals surface area contributed by atoms with Crippen LogP contribution in [-0.2, 0) is 21.0 Å². The number of amides is 1. The number of halogens is 3. The van der Waals surface area contributed by atoms with Crippen LogP contribution in [0.4, 0.5) is 19.0 Å². The molecule has 1 aliphatic rings. The molecule has 0 bridgehead atoms. The summed E-state index contributed by atoms with van der Waals surface area (Å²) in [6, 6.07) is 7.82. The van der Waals surface area contributed by atoms with Gasteiger partial charge in [-0.1, -0.05) is 12.1 Å². The molecule has 1 fully saturated rings. The van der Waals surface area contributed by atoms with Crippen LogP contribution in [0.1, 0.15) is 35.7 Å². The first-order valence-corrected chi connectivity index (χ1v) is 12.1. The van der Waals surface area contributed by atoms with Crippen LogP contribution in [0.25, 0.3) is 0 Å². The van der Waals surface area contributed by atoms with E-state index in [2.05, 4.69) is 9.71 Å². The van der Waals surface area contributed by atoms with E-state index in [0.29, 0.717) is 44.0 Å². The van der Waals surface area contributed by atoms with E-state index in [1.807, 2.05) is 4.90 Å². The van der Waals surface area contributed by atoms with Crippen molar-refractivity contribution in [2.45, 2.75) is 30.8 Å². The number of alkyl halides is 3. The number of anilines is 1. The molecule has 8 nitrogen and oxygen atoms in total. The van der Waals surface area contributed by atoms with Crippen molar-refractivity contribution in [2.75, 3.05) is 37.6 Å². The topological polar surface area (TPSA) is 99.7 Å². The van der Waals surface area contributed by atoms with Gasteiger partial charge in [-0.25, -0.2) is 18.1 Å². The van der Waals surface area contributed by atoms with Gasteiger partial charge in [-0.05, 0) is 37.6 Å². The molecule has 2 aromatic rings. The van der Waals surface area contributed by atoms with Gasteiger partial charge in [0.1, 0.15) is 5.82 Å². The van der Waals surface area contributed by atoms with Crippen LogP contribution in [0.3, 0.4) is 0 Å². The van der Waals surface area contributed by atoms with Crippen LogP contribution >= 0.6 is 0 Å². The Bertz CT molecular complexity index is 1120. The number of ketones is 1. The van der Waals surface area contributed by atoms with Gasteiger partial charge < -0.3 is 9.80 Å². The fraction of sp³-hybridized carbons (Fsp3) is 0.409. The van der Waals surface area contributed by atoms with Crippen molar-refractivity contribution in [3.63, 3.8) is 0 Å². The highest BCUT2D eigenvalue weighted by Gasteiger charge is 2.31. The zero-order valence-electron chi connectivity index (χ0n) is 18.5. The predicted molar refractivity (Wildman–Crippen MR) is 119 cm³/mol. The molecule has 0 spiro atoms. The monoisotopic (exact) mass is 498 g/mol. The first-order chi connectivity index (χ1) is 16.0. The van der Waals surface area contributed by atoms with Gasteiger partial charge in [-0.3, -0.25) is 9.59 Å². The van der Waals surface area contributed by atoms with Gasteiger partial charge in [0.25, 0.3) is 0 Å². The summed E-state index contributed by atoms with van der Waals surface area (Å²) < 4.78 is 65.4. The number of sulfonamides is 1. The fourth-order valence-corrected chi connectivity index (χ4v) is 4.57.